The highest BCUT2D eigenvalue weighted by Gasteiger charge is 2.26. The van der Waals surface area contributed by atoms with Crippen LogP contribution in [-0.4, -0.2) is 47.6 Å². The van der Waals surface area contributed by atoms with E-state index in [1.807, 2.05) is 36.4 Å². The minimum absolute atomic E-state index is 0.197. The summed E-state index contributed by atoms with van der Waals surface area (Å²) in [5, 5.41) is 15.9. The molecule has 184 valence electrons. The van der Waals surface area contributed by atoms with Gasteiger partial charge in [-0.15, -0.1) is 0 Å². The molecule has 0 aliphatic carbocycles. The first kappa shape index (κ1) is 25.6. The van der Waals surface area contributed by atoms with Crippen LogP contribution < -0.4 is 0 Å². The van der Waals surface area contributed by atoms with Gasteiger partial charge in [-0.2, -0.15) is 0 Å². The van der Waals surface area contributed by atoms with Gasteiger partial charge in [0, 0.05) is 31.6 Å². The van der Waals surface area contributed by atoms with Gasteiger partial charge in [0.15, 0.2) is 0 Å². The maximum atomic E-state index is 13.4. The van der Waals surface area contributed by atoms with E-state index in [4.69, 9.17) is 32.8 Å². The van der Waals surface area contributed by atoms with Gasteiger partial charge in [-0.3, -0.25) is 4.90 Å². The average Bonchev–Trinajstić information content (AvgIpc) is 3.31. The number of hydrogen-bond acceptors (Lipinski definition) is 5. The Labute approximate surface area is 214 Å². The highest BCUT2D eigenvalue weighted by atomic mass is 35.5. The molecule has 0 fully saturated rings. The summed E-state index contributed by atoms with van der Waals surface area (Å²) in [5.74, 6) is -0.284. The molecule has 0 aromatic heterocycles. The Hall–Kier alpha value is -2.48. The van der Waals surface area contributed by atoms with Crippen molar-refractivity contribution in [3.05, 3.63) is 105 Å². The lowest BCUT2D eigenvalue weighted by molar-refractivity contribution is -0.00649. The second-order valence-corrected chi connectivity index (χ2v) is 9.39. The van der Waals surface area contributed by atoms with E-state index in [1.54, 1.807) is 24.3 Å². The second-order valence-electron chi connectivity index (χ2n) is 8.57. The van der Waals surface area contributed by atoms with E-state index < -0.39 is 6.10 Å². The van der Waals surface area contributed by atoms with Gasteiger partial charge in [0.25, 0.3) is 0 Å². The summed E-state index contributed by atoms with van der Waals surface area (Å²) >= 11 is 12.2. The van der Waals surface area contributed by atoms with Gasteiger partial charge in [0.2, 0.25) is 0 Å². The molecule has 3 aromatic rings. The summed E-state index contributed by atoms with van der Waals surface area (Å²) in [6.45, 7) is 2.06. The van der Waals surface area contributed by atoms with Crippen molar-refractivity contribution >= 4 is 28.9 Å². The Kier molecular flexibility index (Phi) is 9.12. The number of hydrogen-bond donors (Lipinski definition) is 1. The van der Waals surface area contributed by atoms with Gasteiger partial charge >= 0.3 is 0 Å². The highest BCUT2D eigenvalue weighted by Crippen LogP contribution is 2.26. The van der Waals surface area contributed by atoms with Gasteiger partial charge in [-0.25, -0.2) is 4.39 Å². The third-order valence-electron chi connectivity index (χ3n) is 5.66. The molecule has 0 saturated carbocycles. The SMILES string of the molecule is O[C@H](COCc1ccccc1)CN(Cc1ccc(F)cc1)C[C@@H]1CC(c2ccc(Cl)c(Cl)c2)=NO1. The maximum absolute atomic E-state index is 13.4. The van der Waals surface area contributed by atoms with Gasteiger partial charge in [-0.1, -0.05) is 76.9 Å². The molecule has 0 bridgehead atoms. The summed E-state index contributed by atoms with van der Waals surface area (Å²) in [7, 11) is 0. The van der Waals surface area contributed by atoms with Crippen LogP contribution in [0.2, 0.25) is 10.0 Å². The lowest BCUT2D eigenvalue weighted by atomic mass is 10.0. The summed E-state index contributed by atoms with van der Waals surface area (Å²) < 4.78 is 19.1. The van der Waals surface area contributed by atoms with Crippen LogP contribution in [0, 0.1) is 5.82 Å². The van der Waals surface area contributed by atoms with Crippen LogP contribution in [-0.2, 0) is 22.7 Å². The summed E-state index contributed by atoms with van der Waals surface area (Å²) in [6, 6.07) is 21.6. The number of aliphatic hydroxyl groups is 1. The number of benzene rings is 3. The topological polar surface area (TPSA) is 54.3 Å². The first-order valence-electron chi connectivity index (χ1n) is 11.4. The average molecular weight is 517 g/mol. The number of oxime groups is 1. The van der Waals surface area contributed by atoms with Gasteiger partial charge < -0.3 is 14.7 Å². The molecule has 3 aromatic carbocycles. The van der Waals surface area contributed by atoms with Crippen LogP contribution in [0.3, 0.4) is 0 Å². The van der Waals surface area contributed by atoms with Crippen LogP contribution in [0.15, 0.2) is 78.0 Å². The molecule has 1 heterocycles. The van der Waals surface area contributed by atoms with E-state index >= 15 is 0 Å². The predicted octanol–water partition coefficient (Wildman–Crippen LogP) is 5.71. The molecular formula is C27H27Cl2FN2O3. The number of halogens is 3. The fourth-order valence-electron chi connectivity index (χ4n) is 3.95. The van der Waals surface area contributed by atoms with Gasteiger partial charge in [0.1, 0.15) is 11.9 Å². The van der Waals surface area contributed by atoms with Crippen LogP contribution in [0.1, 0.15) is 23.1 Å². The number of ether oxygens (including phenoxy) is 1. The van der Waals surface area contributed by atoms with E-state index in [-0.39, 0.29) is 18.5 Å². The quantitative estimate of drug-likeness (QED) is 0.354. The molecule has 1 aliphatic heterocycles. The Morgan fingerprint density at radius 1 is 1.03 bits per heavy atom. The van der Waals surface area contributed by atoms with E-state index in [1.165, 1.54) is 12.1 Å². The monoisotopic (exact) mass is 516 g/mol. The summed E-state index contributed by atoms with van der Waals surface area (Å²) in [4.78, 5) is 7.77. The molecule has 0 saturated heterocycles. The fourth-order valence-corrected chi connectivity index (χ4v) is 4.25. The van der Waals surface area contributed by atoms with Crippen molar-refractivity contribution < 1.29 is 19.1 Å². The first-order valence-corrected chi connectivity index (χ1v) is 12.2. The largest absolute Gasteiger partial charge is 0.390 e. The lowest BCUT2D eigenvalue weighted by Crippen LogP contribution is -2.39. The van der Waals surface area contributed by atoms with Crippen molar-refractivity contribution in [3.63, 3.8) is 0 Å². The molecule has 8 heteroatoms. The van der Waals surface area contributed by atoms with Crippen LogP contribution >= 0.6 is 23.2 Å². The second kappa shape index (κ2) is 12.5. The molecule has 1 N–H and O–H groups in total. The molecule has 5 nitrogen and oxygen atoms in total. The number of rotatable bonds is 11. The molecule has 0 amide bonds. The van der Waals surface area contributed by atoms with Crippen molar-refractivity contribution in [1.29, 1.82) is 0 Å². The van der Waals surface area contributed by atoms with Crippen LogP contribution in [0.4, 0.5) is 4.39 Å². The molecule has 0 spiro atoms. The van der Waals surface area contributed by atoms with Crippen molar-refractivity contribution in [2.24, 2.45) is 5.16 Å². The van der Waals surface area contributed by atoms with E-state index in [9.17, 15) is 9.50 Å². The van der Waals surface area contributed by atoms with Crippen LogP contribution in [0.25, 0.3) is 0 Å². The Balaban J connectivity index is 1.35. The summed E-state index contributed by atoms with van der Waals surface area (Å²) in [5.41, 5.74) is 3.64. The molecule has 35 heavy (non-hydrogen) atoms. The highest BCUT2D eigenvalue weighted by molar-refractivity contribution is 6.42. The third kappa shape index (κ3) is 7.75. The normalized spacial score (nSPS) is 16.3. The minimum Gasteiger partial charge on any atom is -0.390 e. The fraction of sp³-hybridized carbons (Fsp3) is 0.296. The van der Waals surface area contributed by atoms with Crippen molar-refractivity contribution in [3.8, 4) is 0 Å². The van der Waals surface area contributed by atoms with E-state index in [0.717, 1.165) is 22.4 Å². The molecule has 0 unspecified atom stereocenters. The Bertz CT molecular complexity index is 1130. The third-order valence-corrected chi connectivity index (χ3v) is 6.40. The smallest absolute Gasteiger partial charge is 0.145 e. The van der Waals surface area contributed by atoms with Gasteiger partial charge in [-0.05, 0) is 35.4 Å². The first-order chi connectivity index (χ1) is 17.0. The lowest BCUT2D eigenvalue weighted by Gasteiger charge is -2.27. The summed E-state index contributed by atoms with van der Waals surface area (Å²) in [6.07, 6.45) is -0.299. The molecule has 0 radical (unpaired) electrons. The molecular weight excluding hydrogens is 490 g/mol. The zero-order valence-electron chi connectivity index (χ0n) is 19.1. The molecule has 4 rings (SSSR count). The standard InChI is InChI=1S/C27H27Cl2FN2O3/c28-25-11-8-21(12-26(25)29)27-13-24(35-31-27)16-32(14-19-6-9-22(30)10-7-19)15-23(33)18-34-17-20-4-2-1-3-5-20/h1-12,23-24,33H,13-18H2/t23-,24-/m0/s1. The Morgan fingerprint density at radius 3 is 2.54 bits per heavy atom. The zero-order valence-corrected chi connectivity index (χ0v) is 20.6. The van der Waals surface area contributed by atoms with Gasteiger partial charge in [0.05, 0.1) is 35.1 Å². The van der Waals surface area contributed by atoms with E-state index in [0.29, 0.717) is 42.7 Å². The molecule has 2 atom stereocenters. The zero-order chi connectivity index (χ0) is 24.6. The van der Waals surface area contributed by atoms with E-state index in [2.05, 4.69) is 10.1 Å². The maximum Gasteiger partial charge on any atom is 0.145 e. The molecule has 1 aliphatic rings. The van der Waals surface area contributed by atoms with Crippen molar-refractivity contribution in [2.45, 2.75) is 31.8 Å². The minimum atomic E-state index is -0.698. The number of aliphatic hydroxyl groups excluding tert-OH is 1. The Morgan fingerprint density at radius 2 is 1.80 bits per heavy atom. The predicted molar refractivity (Wildman–Crippen MR) is 136 cm³/mol. The van der Waals surface area contributed by atoms with Crippen LogP contribution in [0.5, 0.6) is 0 Å². The number of nitrogens with zero attached hydrogens (tertiary/aromatic N) is 2. The van der Waals surface area contributed by atoms with Crippen molar-refractivity contribution in [1.82, 2.24) is 4.90 Å². The van der Waals surface area contributed by atoms with Crippen molar-refractivity contribution in [2.75, 3.05) is 19.7 Å².